The highest BCUT2D eigenvalue weighted by atomic mass is 16.5. The number of amides is 3. The first kappa shape index (κ1) is 19.9. The van der Waals surface area contributed by atoms with Gasteiger partial charge in [-0.15, -0.1) is 0 Å². The Labute approximate surface area is 176 Å². The zero-order chi connectivity index (χ0) is 21.3. The minimum absolute atomic E-state index is 0.208. The third kappa shape index (κ3) is 3.62. The fourth-order valence-electron chi connectivity index (χ4n) is 3.86. The van der Waals surface area contributed by atoms with Gasteiger partial charge in [0.25, 0.3) is 5.91 Å². The number of ether oxygens (including phenoxy) is 1. The van der Waals surface area contributed by atoms with Crippen LogP contribution in [0.1, 0.15) is 18.1 Å². The van der Waals surface area contributed by atoms with Crippen molar-refractivity contribution in [3.8, 4) is 5.75 Å². The minimum Gasteiger partial charge on any atom is -0.497 e. The predicted molar refractivity (Wildman–Crippen MR) is 116 cm³/mol. The smallest absolute Gasteiger partial charge is 0.326 e. The molecule has 0 saturated carbocycles. The lowest BCUT2D eigenvalue weighted by Gasteiger charge is -2.25. The van der Waals surface area contributed by atoms with Crippen molar-refractivity contribution in [3.63, 3.8) is 0 Å². The molecule has 0 radical (unpaired) electrons. The number of nitrogens with zero attached hydrogens (tertiary/aromatic N) is 2. The van der Waals surface area contributed by atoms with Gasteiger partial charge in [0.1, 0.15) is 11.3 Å². The monoisotopic (exact) mass is 403 g/mol. The molecule has 1 saturated heterocycles. The lowest BCUT2D eigenvalue weighted by Crippen LogP contribution is -2.42. The molecular formula is C24H25N3O3. The lowest BCUT2D eigenvalue weighted by molar-refractivity contribution is -0.132. The summed E-state index contributed by atoms with van der Waals surface area (Å²) in [5, 5.41) is 5.02. The van der Waals surface area contributed by atoms with Gasteiger partial charge >= 0.3 is 6.03 Å². The largest absolute Gasteiger partial charge is 0.497 e. The molecular weight excluding hydrogens is 378 g/mol. The van der Waals surface area contributed by atoms with E-state index in [1.54, 1.807) is 14.0 Å². The van der Waals surface area contributed by atoms with Gasteiger partial charge in [0.05, 0.1) is 13.8 Å². The normalized spacial score (nSPS) is 18.9. The summed E-state index contributed by atoms with van der Waals surface area (Å²) in [6, 6.07) is 21.2. The number of fused-ring (bicyclic) bond motifs is 1. The van der Waals surface area contributed by atoms with Crippen molar-refractivity contribution in [2.24, 2.45) is 0 Å². The van der Waals surface area contributed by atoms with Crippen LogP contribution in [0.3, 0.4) is 0 Å². The quantitative estimate of drug-likeness (QED) is 0.638. The third-order valence-corrected chi connectivity index (χ3v) is 5.60. The number of carbonyl (C=O) groups is 2. The highest BCUT2D eigenvalue weighted by molar-refractivity contribution is 6.07. The van der Waals surface area contributed by atoms with E-state index in [1.165, 1.54) is 4.90 Å². The van der Waals surface area contributed by atoms with E-state index in [-0.39, 0.29) is 18.6 Å². The van der Waals surface area contributed by atoms with Crippen LogP contribution in [-0.4, -0.2) is 42.6 Å². The van der Waals surface area contributed by atoms with Gasteiger partial charge in [-0.05, 0) is 54.1 Å². The van der Waals surface area contributed by atoms with Crippen molar-refractivity contribution < 1.29 is 14.3 Å². The van der Waals surface area contributed by atoms with Gasteiger partial charge < -0.3 is 10.1 Å². The van der Waals surface area contributed by atoms with E-state index in [1.807, 2.05) is 78.7 Å². The second-order valence-electron chi connectivity index (χ2n) is 7.85. The van der Waals surface area contributed by atoms with Crippen LogP contribution in [0.25, 0.3) is 10.8 Å². The average Bonchev–Trinajstić information content (AvgIpc) is 2.98. The number of benzene rings is 3. The second-order valence-corrected chi connectivity index (χ2v) is 7.85. The van der Waals surface area contributed by atoms with E-state index in [2.05, 4.69) is 5.32 Å². The SMILES string of the molecule is COc1ccc(CN(C)CN2C(=O)N[C@@](C)(c3ccc4ccccc4c3)C2=O)cc1. The molecule has 6 nitrogen and oxygen atoms in total. The Morgan fingerprint density at radius 2 is 1.70 bits per heavy atom. The van der Waals surface area contributed by atoms with Crippen molar-refractivity contribution >= 4 is 22.7 Å². The molecule has 1 aliphatic rings. The molecule has 1 heterocycles. The van der Waals surface area contributed by atoms with Gasteiger partial charge in [-0.2, -0.15) is 0 Å². The summed E-state index contributed by atoms with van der Waals surface area (Å²) in [6.07, 6.45) is 0. The van der Waals surface area contributed by atoms with Crippen molar-refractivity contribution in [3.05, 3.63) is 77.9 Å². The number of methoxy groups -OCH3 is 1. The maximum Gasteiger partial charge on any atom is 0.326 e. The van der Waals surface area contributed by atoms with Crippen LogP contribution in [0.5, 0.6) is 5.75 Å². The van der Waals surface area contributed by atoms with E-state index in [0.717, 1.165) is 27.6 Å². The standard InChI is InChI=1S/C24H25N3O3/c1-24(20-11-10-18-6-4-5-7-19(18)14-20)22(28)27(23(29)25-24)16-26(2)15-17-8-12-21(30-3)13-9-17/h4-14H,15-16H2,1-3H3,(H,25,29)/t24-/m0/s1. The van der Waals surface area contributed by atoms with E-state index in [0.29, 0.717) is 6.54 Å². The first-order chi connectivity index (χ1) is 14.4. The van der Waals surface area contributed by atoms with Gasteiger partial charge in [0.2, 0.25) is 0 Å². The fourth-order valence-corrected chi connectivity index (χ4v) is 3.86. The van der Waals surface area contributed by atoms with Crippen LogP contribution in [0.15, 0.2) is 66.7 Å². The van der Waals surface area contributed by atoms with E-state index in [9.17, 15) is 9.59 Å². The molecule has 6 heteroatoms. The van der Waals surface area contributed by atoms with Gasteiger partial charge in [0, 0.05) is 6.54 Å². The zero-order valence-electron chi connectivity index (χ0n) is 17.4. The number of rotatable bonds is 6. The van der Waals surface area contributed by atoms with Crippen molar-refractivity contribution in [1.82, 2.24) is 15.1 Å². The maximum absolute atomic E-state index is 13.2. The molecule has 4 rings (SSSR count). The van der Waals surface area contributed by atoms with Gasteiger partial charge in [-0.3, -0.25) is 9.69 Å². The Bertz CT molecular complexity index is 1100. The van der Waals surface area contributed by atoms with Crippen LogP contribution in [-0.2, 0) is 16.9 Å². The molecule has 154 valence electrons. The molecule has 1 fully saturated rings. The zero-order valence-corrected chi connectivity index (χ0v) is 17.4. The van der Waals surface area contributed by atoms with Gasteiger partial charge in [0.15, 0.2) is 0 Å². The summed E-state index contributed by atoms with van der Waals surface area (Å²) >= 11 is 0. The maximum atomic E-state index is 13.2. The number of urea groups is 1. The molecule has 1 N–H and O–H groups in total. The molecule has 30 heavy (non-hydrogen) atoms. The van der Waals surface area contributed by atoms with Crippen LogP contribution in [0.2, 0.25) is 0 Å². The van der Waals surface area contributed by atoms with Gasteiger partial charge in [-0.25, -0.2) is 9.69 Å². The fraction of sp³-hybridized carbons (Fsp3) is 0.250. The summed E-state index contributed by atoms with van der Waals surface area (Å²) in [6.45, 7) is 2.58. The van der Waals surface area contributed by atoms with Crippen LogP contribution < -0.4 is 10.1 Å². The number of imide groups is 1. The number of hydrogen-bond acceptors (Lipinski definition) is 4. The second kappa shape index (κ2) is 7.80. The molecule has 0 aliphatic carbocycles. The molecule has 0 aromatic heterocycles. The molecule has 1 aliphatic heterocycles. The minimum atomic E-state index is -1.08. The van der Waals surface area contributed by atoms with E-state index < -0.39 is 5.54 Å². The molecule has 0 unspecified atom stereocenters. The third-order valence-electron chi connectivity index (χ3n) is 5.60. The Morgan fingerprint density at radius 3 is 2.40 bits per heavy atom. The van der Waals surface area contributed by atoms with Gasteiger partial charge in [-0.1, -0.05) is 48.5 Å². The van der Waals surface area contributed by atoms with Crippen molar-refractivity contribution in [2.75, 3.05) is 20.8 Å². The number of nitrogens with one attached hydrogen (secondary N) is 1. The molecule has 1 atom stereocenters. The van der Waals surface area contributed by atoms with E-state index >= 15 is 0 Å². The Hall–Kier alpha value is -3.38. The Kier molecular flexibility index (Phi) is 5.18. The Morgan fingerprint density at radius 1 is 1.00 bits per heavy atom. The first-order valence-corrected chi connectivity index (χ1v) is 9.85. The van der Waals surface area contributed by atoms with Crippen molar-refractivity contribution in [1.29, 1.82) is 0 Å². The number of hydrogen-bond donors (Lipinski definition) is 1. The predicted octanol–water partition coefficient (Wildman–Crippen LogP) is 3.70. The summed E-state index contributed by atoms with van der Waals surface area (Å²) in [5.74, 6) is 0.547. The van der Waals surface area contributed by atoms with Crippen LogP contribution in [0, 0.1) is 0 Å². The highest BCUT2D eigenvalue weighted by Gasteiger charge is 2.49. The molecule has 0 spiro atoms. The Balaban J connectivity index is 1.50. The summed E-state index contributed by atoms with van der Waals surface area (Å²) in [5.41, 5.74) is 0.768. The summed E-state index contributed by atoms with van der Waals surface area (Å²) in [7, 11) is 3.52. The highest BCUT2D eigenvalue weighted by Crippen LogP contribution is 2.31. The topological polar surface area (TPSA) is 61.9 Å². The molecule has 0 bridgehead atoms. The van der Waals surface area contributed by atoms with E-state index in [4.69, 9.17) is 4.74 Å². The lowest BCUT2D eigenvalue weighted by atomic mass is 9.90. The number of carbonyl (C=O) groups excluding carboxylic acids is 2. The van der Waals surface area contributed by atoms with Crippen LogP contribution in [0.4, 0.5) is 4.79 Å². The first-order valence-electron chi connectivity index (χ1n) is 9.85. The molecule has 3 aromatic rings. The van der Waals surface area contributed by atoms with Crippen molar-refractivity contribution in [2.45, 2.75) is 19.0 Å². The van der Waals surface area contributed by atoms with Crippen LogP contribution >= 0.6 is 0 Å². The average molecular weight is 403 g/mol. The summed E-state index contributed by atoms with van der Waals surface area (Å²) in [4.78, 5) is 29.1. The molecule has 3 aromatic carbocycles. The summed E-state index contributed by atoms with van der Waals surface area (Å²) < 4.78 is 5.18. The molecule has 3 amide bonds.